The molecular formula is C31H40O8. The quantitative estimate of drug-likeness (QED) is 0.137. The molecule has 0 unspecified atom stereocenters. The Morgan fingerprint density at radius 1 is 0.795 bits per heavy atom. The van der Waals surface area contributed by atoms with Crippen LogP contribution in [0.5, 0.6) is 17.2 Å². The van der Waals surface area contributed by atoms with Crippen LogP contribution in [0.3, 0.4) is 0 Å². The van der Waals surface area contributed by atoms with Crippen molar-refractivity contribution in [2.75, 3.05) is 20.7 Å². The smallest absolute Gasteiger partial charge is 0.314 e. The van der Waals surface area contributed by atoms with Gasteiger partial charge in [-0.1, -0.05) is 13.8 Å². The minimum atomic E-state index is -0.628. The molecule has 0 aliphatic carbocycles. The predicted octanol–water partition coefficient (Wildman–Crippen LogP) is 6.57. The van der Waals surface area contributed by atoms with Crippen LogP contribution in [0.25, 0.3) is 6.08 Å². The molecule has 0 bridgehead atoms. The first-order chi connectivity index (χ1) is 18.1. The number of rotatable bonds is 11. The van der Waals surface area contributed by atoms with Crippen molar-refractivity contribution in [1.29, 1.82) is 0 Å². The van der Waals surface area contributed by atoms with Gasteiger partial charge < -0.3 is 23.7 Å². The Bertz CT molecular complexity index is 1180. The minimum absolute atomic E-state index is 0.0993. The number of methoxy groups -OCH3 is 1. The van der Waals surface area contributed by atoms with Gasteiger partial charge in [0.15, 0.2) is 5.78 Å². The van der Waals surface area contributed by atoms with Crippen molar-refractivity contribution in [2.45, 2.75) is 61.3 Å². The van der Waals surface area contributed by atoms with Crippen molar-refractivity contribution >= 4 is 23.8 Å². The highest BCUT2D eigenvalue weighted by atomic mass is 16.7. The number of allylic oxidation sites excluding steroid dienone is 1. The summed E-state index contributed by atoms with van der Waals surface area (Å²) in [6.07, 6.45) is 3.15. The summed E-state index contributed by atoms with van der Waals surface area (Å²) in [5, 5.41) is 0. The van der Waals surface area contributed by atoms with Crippen LogP contribution in [-0.2, 0) is 19.1 Å². The number of ketones is 1. The van der Waals surface area contributed by atoms with E-state index >= 15 is 0 Å². The molecule has 0 saturated carbocycles. The summed E-state index contributed by atoms with van der Waals surface area (Å²) in [5.41, 5.74) is 0.808. The second-order valence-corrected chi connectivity index (χ2v) is 11.4. The van der Waals surface area contributed by atoms with E-state index in [1.807, 2.05) is 19.9 Å². The normalized spacial score (nSPS) is 11.8. The van der Waals surface area contributed by atoms with Crippen LogP contribution in [0.15, 0.2) is 42.5 Å². The molecule has 0 atom stereocenters. The molecule has 2 aromatic carbocycles. The van der Waals surface area contributed by atoms with Gasteiger partial charge >= 0.3 is 11.9 Å². The number of ether oxygens (including phenoxy) is 5. The Balaban J connectivity index is 2.10. The highest BCUT2D eigenvalue weighted by Crippen LogP contribution is 2.35. The fourth-order valence-electron chi connectivity index (χ4n) is 3.19. The lowest BCUT2D eigenvalue weighted by Crippen LogP contribution is -2.24. The standard InChI is InChI=1S/C31H40O8/c1-20(2)24-16-22(26(35-9)17-27(24)37-19-39-29(34)31(6,7)8)12-15-25(32)21-10-13-23(14-11-21)36-18-38-28(33)30(3,4)5/h10-17,20H,18-19H2,1-9H3/b15-12+. The van der Waals surface area contributed by atoms with E-state index in [9.17, 15) is 14.4 Å². The predicted molar refractivity (Wildman–Crippen MR) is 149 cm³/mol. The van der Waals surface area contributed by atoms with Gasteiger partial charge in [0.1, 0.15) is 17.2 Å². The summed E-state index contributed by atoms with van der Waals surface area (Å²) in [7, 11) is 1.53. The number of carbonyl (C=O) groups excluding carboxylic acids is 3. The summed E-state index contributed by atoms with van der Waals surface area (Å²) >= 11 is 0. The zero-order valence-electron chi connectivity index (χ0n) is 24.4. The van der Waals surface area contributed by atoms with Gasteiger partial charge in [-0.25, -0.2) is 0 Å². The Labute approximate surface area is 231 Å². The molecule has 0 fully saturated rings. The van der Waals surface area contributed by atoms with Gasteiger partial charge in [-0.2, -0.15) is 0 Å². The van der Waals surface area contributed by atoms with Crippen molar-refractivity contribution in [3.8, 4) is 17.2 Å². The lowest BCUT2D eigenvalue weighted by atomic mass is 9.97. The lowest BCUT2D eigenvalue weighted by Gasteiger charge is -2.19. The Hall–Kier alpha value is -3.81. The first-order valence-electron chi connectivity index (χ1n) is 12.8. The average Bonchev–Trinajstić information content (AvgIpc) is 2.86. The Morgan fingerprint density at radius 2 is 1.33 bits per heavy atom. The highest BCUT2D eigenvalue weighted by molar-refractivity contribution is 6.07. The van der Waals surface area contributed by atoms with E-state index in [1.54, 1.807) is 78.0 Å². The summed E-state index contributed by atoms with van der Waals surface area (Å²) in [6.45, 7) is 14.2. The molecule has 212 valence electrons. The van der Waals surface area contributed by atoms with Gasteiger partial charge in [0.2, 0.25) is 13.6 Å². The van der Waals surface area contributed by atoms with Crippen molar-refractivity contribution in [3.05, 3.63) is 59.2 Å². The summed E-state index contributed by atoms with van der Waals surface area (Å²) in [5.74, 6) is 0.695. The molecule has 0 amide bonds. The fraction of sp³-hybridized carbons (Fsp3) is 0.452. The summed E-state index contributed by atoms with van der Waals surface area (Å²) in [6, 6.07) is 10.2. The molecule has 0 N–H and O–H groups in total. The van der Waals surface area contributed by atoms with E-state index in [0.29, 0.717) is 28.4 Å². The molecule has 2 aromatic rings. The molecule has 0 saturated heterocycles. The van der Waals surface area contributed by atoms with Crippen LogP contribution in [-0.4, -0.2) is 38.4 Å². The largest absolute Gasteiger partial charge is 0.496 e. The molecule has 0 aliphatic heterocycles. The molecule has 0 heterocycles. The number of hydrogen-bond acceptors (Lipinski definition) is 8. The molecule has 39 heavy (non-hydrogen) atoms. The fourth-order valence-corrected chi connectivity index (χ4v) is 3.19. The van der Waals surface area contributed by atoms with E-state index in [1.165, 1.54) is 13.2 Å². The van der Waals surface area contributed by atoms with Gasteiger partial charge in [-0.15, -0.1) is 0 Å². The average molecular weight is 541 g/mol. The van der Waals surface area contributed by atoms with Crippen LogP contribution in [0.2, 0.25) is 0 Å². The maximum Gasteiger partial charge on any atom is 0.314 e. The molecule has 2 rings (SSSR count). The Kier molecular flexibility index (Phi) is 10.7. The summed E-state index contributed by atoms with van der Waals surface area (Å²) in [4.78, 5) is 36.7. The monoisotopic (exact) mass is 540 g/mol. The van der Waals surface area contributed by atoms with Crippen LogP contribution in [0.1, 0.15) is 82.8 Å². The van der Waals surface area contributed by atoms with E-state index in [-0.39, 0.29) is 37.2 Å². The van der Waals surface area contributed by atoms with Crippen LogP contribution in [0, 0.1) is 10.8 Å². The second-order valence-electron chi connectivity index (χ2n) is 11.4. The zero-order valence-corrected chi connectivity index (χ0v) is 24.4. The number of hydrogen-bond donors (Lipinski definition) is 0. The third-order valence-electron chi connectivity index (χ3n) is 5.58. The zero-order chi connectivity index (χ0) is 29.4. The summed E-state index contributed by atoms with van der Waals surface area (Å²) < 4.78 is 27.1. The second kappa shape index (κ2) is 13.3. The first kappa shape index (κ1) is 31.4. The number of esters is 2. The van der Waals surface area contributed by atoms with Gasteiger partial charge in [-0.3, -0.25) is 14.4 Å². The van der Waals surface area contributed by atoms with Crippen molar-refractivity contribution < 1.29 is 38.1 Å². The van der Waals surface area contributed by atoms with Gasteiger partial charge in [-0.05, 0) is 95.5 Å². The van der Waals surface area contributed by atoms with Gasteiger partial charge in [0.05, 0.1) is 17.9 Å². The lowest BCUT2D eigenvalue weighted by molar-refractivity contribution is -0.160. The maximum atomic E-state index is 12.8. The van der Waals surface area contributed by atoms with Crippen molar-refractivity contribution in [1.82, 2.24) is 0 Å². The topological polar surface area (TPSA) is 97.4 Å². The molecule has 0 spiro atoms. The van der Waals surface area contributed by atoms with E-state index < -0.39 is 10.8 Å². The highest BCUT2D eigenvalue weighted by Gasteiger charge is 2.24. The maximum absolute atomic E-state index is 12.8. The number of benzene rings is 2. The molecule has 0 aromatic heterocycles. The third kappa shape index (κ3) is 9.46. The van der Waals surface area contributed by atoms with Crippen LogP contribution >= 0.6 is 0 Å². The van der Waals surface area contributed by atoms with E-state index in [4.69, 9.17) is 23.7 Å². The van der Waals surface area contributed by atoms with E-state index in [2.05, 4.69) is 0 Å². The minimum Gasteiger partial charge on any atom is -0.496 e. The molecule has 8 heteroatoms. The Morgan fingerprint density at radius 3 is 1.82 bits per heavy atom. The SMILES string of the molecule is COc1cc(OCOC(=O)C(C)(C)C)c(C(C)C)cc1/C=C/C(=O)c1ccc(OCOC(=O)C(C)(C)C)cc1. The van der Waals surface area contributed by atoms with Crippen LogP contribution < -0.4 is 14.2 Å². The van der Waals surface area contributed by atoms with Gasteiger partial charge in [0, 0.05) is 17.2 Å². The van der Waals surface area contributed by atoms with E-state index in [0.717, 1.165) is 5.56 Å². The van der Waals surface area contributed by atoms with Crippen molar-refractivity contribution in [2.24, 2.45) is 10.8 Å². The number of carbonyl (C=O) groups is 3. The molecular weight excluding hydrogens is 500 g/mol. The molecule has 0 aliphatic rings. The first-order valence-corrected chi connectivity index (χ1v) is 12.8. The molecule has 0 radical (unpaired) electrons. The third-order valence-corrected chi connectivity index (χ3v) is 5.58. The van der Waals surface area contributed by atoms with Crippen molar-refractivity contribution in [3.63, 3.8) is 0 Å². The van der Waals surface area contributed by atoms with Gasteiger partial charge in [0.25, 0.3) is 0 Å². The molecule has 8 nitrogen and oxygen atoms in total. The van der Waals surface area contributed by atoms with Crippen LogP contribution in [0.4, 0.5) is 0 Å².